The number of hydrogen-bond donors (Lipinski definition) is 3. The number of carbonyl (C=O) groups is 2. The number of aryl methyl sites for hydroxylation is 1. The van der Waals surface area contributed by atoms with Gasteiger partial charge in [-0.2, -0.15) is 13.2 Å². The van der Waals surface area contributed by atoms with Crippen LogP contribution in [0.5, 0.6) is 0 Å². The van der Waals surface area contributed by atoms with Crippen molar-refractivity contribution in [3.05, 3.63) is 62.7 Å². The first-order valence-corrected chi connectivity index (χ1v) is 10.8. The minimum atomic E-state index is -4.70. The van der Waals surface area contributed by atoms with Crippen LogP contribution >= 0.6 is 22.9 Å². The molecule has 0 aliphatic heterocycles. The molecule has 0 aliphatic rings. The summed E-state index contributed by atoms with van der Waals surface area (Å²) in [7, 11) is 0. The molecule has 0 fully saturated rings. The van der Waals surface area contributed by atoms with E-state index < -0.39 is 34.6 Å². The molecule has 9 nitrogen and oxygen atoms in total. The van der Waals surface area contributed by atoms with Crippen LogP contribution in [0.15, 0.2) is 30.9 Å². The summed E-state index contributed by atoms with van der Waals surface area (Å²) in [4.78, 5) is 44.4. The van der Waals surface area contributed by atoms with E-state index >= 15 is 0 Å². The number of aromatic nitrogens is 5. The van der Waals surface area contributed by atoms with E-state index in [9.17, 15) is 22.8 Å². The molecule has 0 aliphatic carbocycles. The van der Waals surface area contributed by atoms with E-state index in [1.165, 1.54) is 12.5 Å². The van der Waals surface area contributed by atoms with Crippen molar-refractivity contribution in [3.8, 4) is 0 Å². The van der Waals surface area contributed by atoms with E-state index in [2.05, 4.69) is 35.6 Å². The van der Waals surface area contributed by atoms with E-state index in [-0.39, 0.29) is 16.4 Å². The normalized spacial score (nSPS) is 12.5. The highest BCUT2D eigenvalue weighted by atomic mass is 35.5. The van der Waals surface area contributed by atoms with Crippen LogP contribution in [0.1, 0.15) is 49.4 Å². The van der Waals surface area contributed by atoms with Crippen molar-refractivity contribution in [2.45, 2.75) is 26.1 Å². The molecule has 0 spiro atoms. The summed E-state index contributed by atoms with van der Waals surface area (Å²) >= 11 is 6.52. The number of H-pyrrole nitrogens is 1. The first-order valence-electron chi connectivity index (χ1n) is 9.64. The maximum atomic E-state index is 13.0. The molecular formula is C20H15ClF3N7O2S. The minimum absolute atomic E-state index is 0.118. The van der Waals surface area contributed by atoms with Gasteiger partial charge in [0, 0.05) is 11.9 Å². The number of rotatable bonds is 5. The number of halogens is 4. The Morgan fingerprint density at radius 2 is 1.88 bits per heavy atom. The molecule has 34 heavy (non-hydrogen) atoms. The lowest BCUT2D eigenvalue weighted by molar-refractivity contribution is -0.137. The van der Waals surface area contributed by atoms with Gasteiger partial charge in [0.2, 0.25) is 0 Å². The lowest BCUT2D eigenvalue weighted by Gasteiger charge is -2.11. The molecule has 0 radical (unpaired) electrons. The molecule has 4 heterocycles. The molecule has 4 aromatic heterocycles. The number of alkyl halides is 3. The van der Waals surface area contributed by atoms with E-state index in [0.717, 1.165) is 23.2 Å². The number of nitrogens with zero attached hydrogens (tertiary/aromatic N) is 4. The van der Waals surface area contributed by atoms with Crippen LogP contribution in [0.4, 0.5) is 19.0 Å². The highest BCUT2D eigenvalue weighted by molar-refractivity contribution is 7.13. The summed E-state index contributed by atoms with van der Waals surface area (Å²) in [6.45, 7) is 3.51. The number of aromatic amines is 1. The molecule has 1 unspecified atom stereocenters. The average molecular weight is 510 g/mol. The van der Waals surface area contributed by atoms with E-state index in [0.29, 0.717) is 22.1 Å². The Morgan fingerprint density at radius 1 is 1.12 bits per heavy atom. The maximum absolute atomic E-state index is 13.0. The molecule has 0 saturated heterocycles. The highest BCUT2D eigenvalue weighted by Crippen LogP contribution is 2.35. The molecule has 176 valence electrons. The third-order valence-corrected chi connectivity index (χ3v) is 6.12. The van der Waals surface area contributed by atoms with Crippen LogP contribution in [0.25, 0.3) is 11.0 Å². The molecule has 14 heteroatoms. The summed E-state index contributed by atoms with van der Waals surface area (Å²) in [5.41, 5.74) is 0.427. The number of thiazole rings is 1. The molecule has 0 aromatic carbocycles. The fourth-order valence-electron chi connectivity index (χ4n) is 3.07. The van der Waals surface area contributed by atoms with Crippen molar-refractivity contribution in [2.24, 2.45) is 0 Å². The van der Waals surface area contributed by atoms with Gasteiger partial charge in [-0.05, 0) is 26.0 Å². The molecule has 4 rings (SSSR count). The number of amides is 2. The second-order valence-corrected chi connectivity index (χ2v) is 8.67. The Morgan fingerprint density at radius 3 is 2.62 bits per heavy atom. The predicted octanol–water partition coefficient (Wildman–Crippen LogP) is 4.53. The number of nitrogens with one attached hydrogen (secondary N) is 3. The quantitative estimate of drug-likeness (QED) is 0.363. The zero-order valence-electron chi connectivity index (χ0n) is 17.5. The zero-order valence-corrected chi connectivity index (χ0v) is 19.1. The van der Waals surface area contributed by atoms with Gasteiger partial charge in [0.25, 0.3) is 11.8 Å². The fraction of sp³-hybridized carbons (Fsp3) is 0.200. The number of hydrogen-bond acceptors (Lipinski definition) is 7. The first-order chi connectivity index (χ1) is 16.0. The third kappa shape index (κ3) is 4.84. The second kappa shape index (κ2) is 8.99. The Kier molecular flexibility index (Phi) is 6.23. The standard InChI is InChI=1S/C20H15ClF3N7O2S/c1-8-3-10-15(27-7-28-16(10)29-8)18(33)30-9(2)19-26-6-13(34-19)17(32)31-14-4-11(20(22,23)24)12(21)5-25-14/h3-7,9H,1-2H3,(H,30,33)(H,25,31,32)(H,27,28,29). The summed E-state index contributed by atoms with van der Waals surface area (Å²) in [6.07, 6.45) is -1.35. The van der Waals surface area contributed by atoms with Gasteiger partial charge in [-0.3, -0.25) is 9.59 Å². The smallest absolute Gasteiger partial charge is 0.343 e. The lowest BCUT2D eigenvalue weighted by Crippen LogP contribution is -2.27. The van der Waals surface area contributed by atoms with Gasteiger partial charge < -0.3 is 15.6 Å². The van der Waals surface area contributed by atoms with Gasteiger partial charge in [0.15, 0.2) is 0 Å². The summed E-state index contributed by atoms with van der Waals surface area (Å²) < 4.78 is 39.1. The number of fused-ring (bicyclic) bond motifs is 1. The van der Waals surface area contributed by atoms with Gasteiger partial charge in [0.05, 0.1) is 28.2 Å². The van der Waals surface area contributed by atoms with Crippen LogP contribution in [-0.2, 0) is 6.18 Å². The van der Waals surface area contributed by atoms with Gasteiger partial charge in [-0.15, -0.1) is 11.3 Å². The SMILES string of the molecule is Cc1cc2c(C(=O)NC(C)c3ncc(C(=O)Nc4cc(C(F)(F)F)c(Cl)cn4)s3)ncnc2[nH]1. The van der Waals surface area contributed by atoms with Crippen molar-refractivity contribution in [3.63, 3.8) is 0 Å². The van der Waals surface area contributed by atoms with Crippen LogP contribution < -0.4 is 10.6 Å². The van der Waals surface area contributed by atoms with Gasteiger partial charge in [-0.1, -0.05) is 11.6 Å². The number of anilines is 1. The topological polar surface area (TPSA) is 126 Å². The summed E-state index contributed by atoms with van der Waals surface area (Å²) in [5, 5.41) is 5.46. The van der Waals surface area contributed by atoms with E-state index in [1.54, 1.807) is 13.0 Å². The zero-order chi connectivity index (χ0) is 24.6. The van der Waals surface area contributed by atoms with Crippen LogP contribution in [0.3, 0.4) is 0 Å². The fourth-order valence-corrected chi connectivity index (χ4v) is 4.10. The minimum Gasteiger partial charge on any atom is -0.343 e. The second-order valence-electron chi connectivity index (χ2n) is 7.20. The van der Waals surface area contributed by atoms with E-state index in [1.807, 2.05) is 6.92 Å². The monoisotopic (exact) mass is 509 g/mol. The van der Waals surface area contributed by atoms with Crippen LogP contribution in [-0.4, -0.2) is 36.7 Å². The van der Waals surface area contributed by atoms with Gasteiger partial charge in [0.1, 0.15) is 33.4 Å². The van der Waals surface area contributed by atoms with Gasteiger partial charge >= 0.3 is 6.18 Å². The maximum Gasteiger partial charge on any atom is 0.418 e. The number of pyridine rings is 1. The van der Waals surface area contributed by atoms with Crippen molar-refractivity contribution < 1.29 is 22.8 Å². The summed E-state index contributed by atoms with van der Waals surface area (Å²) in [6, 6.07) is 1.83. The van der Waals surface area contributed by atoms with Crippen molar-refractivity contribution >= 4 is 51.6 Å². The van der Waals surface area contributed by atoms with Crippen LogP contribution in [0.2, 0.25) is 5.02 Å². The van der Waals surface area contributed by atoms with Crippen molar-refractivity contribution in [1.82, 2.24) is 30.2 Å². The Balaban J connectivity index is 1.46. The third-order valence-electron chi connectivity index (χ3n) is 4.64. The molecule has 4 aromatic rings. The number of carbonyl (C=O) groups excluding carboxylic acids is 2. The molecule has 2 amide bonds. The molecule has 0 saturated carbocycles. The van der Waals surface area contributed by atoms with Crippen LogP contribution in [0, 0.1) is 6.92 Å². The lowest BCUT2D eigenvalue weighted by atomic mass is 10.2. The van der Waals surface area contributed by atoms with Crippen molar-refractivity contribution in [1.29, 1.82) is 0 Å². The predicted molar refractivity (Wildman–Crippen MR) is 119 cm³/mol. The Labute approximate surface area is 198 Å². The molecule has 1 atom stereocenters. The molecule has 3 N–H and O–H groups in total. The molecular weight excluding hydrogens is 495 g/mol. The van der Waals surface area contributed by atoms with Gasteiger partial charge in [-0.25, -0.2) is 19.9 Å². The first kappa shape index (κ1) is 23.6. The van der Waals surface area contributed by atoms with E-state index in [4.69, 9.17) is 11.6 Å². The summed E-state index contributed by atoms with van der Waals surface area (Å²) in [5.74, 6) is -1.47. The van der Waals surface area contributed by atoms with Crippen molar-refractivity contribution in [2.75, 3.05) is 5.32 Å². The average Bonchev–Trinajstić information content (AvgIpc) is 3.40. The largest absolute Gasteiger partial charge is 0.418 e. The highest BCUT2D eigenvalue weighted by Gasteiger charge is 2.34. The Bertz CT molecular complexity index is 1400. The Hall–Kier alpha value is -3.58. The molecule has 0 bridgehead atoms.